The molecule has 0 bridgehead atoms. The van der Waals surface area contributed by atoms with Crippen molar-refractivity contribution in [2.45, 2.75) is 17.9 Å². The second kappa shape index (κ2) is 5.16. The fourth-order valence-electron chi connectivity index (χ4n) is 2.67. The monoisotopic (exact) mass is 290 g/mol. The highest BCUT2D eigenvalue weighted by Crippen LogP contribution is 2.26. The Morgan fingerprint density at radius 3 is 2.70 bits per heavy atom. The van der Waals surface area contributed by atoms with E-state index in [2.05, 4.69) is 5.32 Å². The number of nitrogens with one attached hydrogen (secondary N) is 1. The summed E-state index contributed by atoms with van der Waals surface area (Å²) in [5, 5.41) is 5.01. The van der Waals surface area contributed by atoms with Crippen molar-refractivity contribution in [1.29, 1.82) is 0 Å². The van der Waals surface area contributed by atoms with Crippen LogP contribution >= 0.6 is 0 Å². The van der Waals surface area contributed by atoms with Gasteiger partial charge in [-0.15, -0.1) is 0 Å². The molecule has 20 heavy (non-hydrogen) atoms. The summed E-state index contributed by atoms with van der Waals surface area (Å²) in [5.41, 5.74) is 0. The van der Waals surface area contributed by atoms with E-state index in [0.717, 1.165) is 10.8 Å². The fourth-order valence-corrected chi connectivity index (χ4v) is 4.42. The minimum Gasteiger partial charge on any atom is -0.312 e. The van der Waals surface area contributed by atoms with Crippen molar-refractivity contribution in [3.8, 4) is 0 Å². The Morgan fingerprint density at radius 1 is 1.15 bits per heavy atom. The predicted octanol–water partition coefficient (Wildman–Crippen LogP) is 1.82. The molecule has 106 valence electrons. The van der Waals surface area contributed by atoms with Crippen LogP contribution in [0.15, 0.2) is 47.4 Å². The lowest BCUT2D eigenvalue weighted by Gasteiger charge is -2.31. The van der Waals surface area contributed by atoms with E-state index in [1.807, 2.05) is 37.3 Å². The van der Waals surface area contributed by atoms with Gasteiger partial charge in [0.2, 0.25) is 10.0 Å². The van der Waals surface area contributed by atoms with Gasteiger partial charge >= 0.3 is 0 Å². The highest BCUT2D eigenvalue weighted by atomic mass is 32.2. The molecule has 0 spiro atoms. The summed E-state index contributed by atoms with van der Waals surface area (Å²) in [5.74, 6) is 0. The lowest BCUT2D eigenvalue weighted by atomic mass is 10.1. The lowest BCUT2D eigenvalue weighted by Crippen LogP contribution is -2.51. The van der Waals surface area contributed by atoms with Crippen LogP contribution in [0.4, 0.5) is 0 Å². The summed E-state index contributed by atoms with van der Waals surface area (Å²) >= 11 is 0. The van der Waals surface area contributed by atoms with Crippen molar-refractivity contribution in [3.05, 3.63) is 42.5 Å². The Hall–Kier alpha value is -1.43. The summed E-state index contributed by atoms with van der Waals surface area (Å²) in [6.45, 7) is 3.75. The van der Waals surface area contributed by atoms with Gasteiger partial charge in [0.25, 0.3) is 0 Å². The second-order valence-electron chi connectivity index (χ2n) is 5.20. The molecule has 1 saturated heterocycles. The van der Waals surface area contributed by atoms with Gasteiger partial charge in [-0.3, -0.25) is 0 Å². The number of fused-ring (bicyclic) bond motifs is 1. The molecule has 1 heterocycles. The van der Waals surface area contributed by atoms with Gasteiger partial charge in [0.15, 0.2) is 0 Å². The number of rotatable bonds is 2. The van der Waals surface area contributed by atoms with E-state index < -0.39 is 10.0 Å². The van der Waals surface area contributed by atoms with E-state index in [-0.39, 0.29) is 6.04 Å². The molecule has 0 aliphatic carbocycles. The molecule has 5 heteroatoms. The Balaban J connectivity index is 2.09. The molecule has 0 aromatic heterocycles. The average molecular weight is 290 g/mol. The van der Waals surface area contributed by atoms with Crippen LogP contribution in [0.3, 0.4) is 0 Å². The molecule has 0 unspecified atom stereocenters. The van der Waals surface area contributed by atoms with Crippen LogP contribution in [0.25, 0.3) is 10.8 Å². The van der Waals surface area contributed by atoms with Gasteiger partial charge in [0.05, 0.1) is 4.90 Å². The Labute approximate surface area is 119 Å². The largest absolute Gasteiger partial charge is 0.312 e. The topological polar surface area (TPSA) is 49.4 Å². The number of hydrogen-bond acceptors (Lipinski definition) is 3. The normalized spacial score (nSPS) is 21.1. The molecule has 1 aliphatic heterocycles. The van der Waals surface area contributed by atoms with Crippen LogP contribution in [0.2, 0.25) is 0 Å². The molecule has 1 atom stereocenters. The molecule has 1 N–H and O–H groups in total. The first kappa shape index (κ1) is 13.5. The molecule has 0 saturated carbocycles. The standard InChI is InChI=1S/C15H18N2O2S/c1-12-11-17(10-9-16-12)20(18,19)15-8-4-6-13-5-2-3-7-14(13)15/h2-8,12,16H,9-11H2,1H3/t12-/m0/s1. The van der Waals surface area contributed by atoms with Crippen LogP contribution in [0, 0.1) is 0 Å². The number of hydrogen-bond donors (Lipinski definition) is 1. The number of nitrogens with zero attached hydrogens (tertiary/aromatic N) is 1. The third-order valence-corrected chi connectivity index (χ3v) is 5.62. The van der Waals surface area contributed by atoms with E-state index in [1.165, 1.54) is 0 Å². The highest BCUT2D eigenvalue weighted by molar-refractivity contribution is 7.89. The fraction of sp³-hybridized carbons (Fsp3) is 0.333. The molecule has 4 nitrogen and oxygen atoms in total. The van der Waals surface area contributed by atoms with E-state index in [4.69, 9.17) is 0 Å². The third-order valence-electron chi connectivity index (χ3n) is 3.70. The van der Waals surface area contributed by atoms with Crippen molar-refractivity contribution < 1.29 is 8.42 Å². The Kier molecular flexibility index (Phi) is 3.50. The number of piperazine rings is 1. The number of benzene rings is 2. The summed E-state index contributed by atoms with van der Waals surface area (Å²) < 4.78 is 27.3. The smallest absolute Gasteiger partial charge is 0.243 e. The van der Waals surface area contributed by atoms with Gasteiger partial charge in [-0.05, 0) is 18.4 Å². The van der Waals surface area contributed by atoms with Crippen LogP contribution < -0.4 is 5.32 Å². The maximum Gasteiger partial charge on any atom is 0.243 e. The van der Waals surface area contributed by atoms with Crippen molar-refractivity contribution >= 4 is 20.8 Å². The van der Waals surface area contributed by atoms with E-state index in [9.17, 15) is 8.42 Å². The summed E-state index contributed by atoms with van der Waals surface area (Å²) in [7, 11) is -3.43. The van der Waals surface area contributed by atoms with Crippen LogP contribution in [0.5, 0.6) is 0 Å². The highest BCUT2D eigenvalue weighted by Gasteiger charge is 2.29. The van der Waals surface area contributed by atoms with Crippen molar-refractivity contribution in [3.63, 3.8) is 0 Å². The summed E-state index contributed by atoms with van der Waals surface area (Å²) in [6, 6.07) is 13.2. The second-order valence-corrected chi connectivity index (χ2v) is 7.10. The lowest BCUT2D eigenvalue weighted by molar-refractivity contribution is 0.310. The van der Waals surface area contributed by atoms with Crippen molar-refractivity contribution in [2.24, 2.45) is 0 Å². The SMILES string of the molecule is C[C@H]1CN(S(=O)(=O)c2cccc3ccccc23)CCN1. The average Bonchev–Trinajstić information content (AvgIpc) is 2.46. The van der Waals surface area contributed by atoms with Gasteiger partial charge < -0.3 is 5.32 Å². The Bertz CT molecular complexity index is 722. The van der Waals surface area contributed by atoms with Crippen LogP contribution in [0.1, 0.15) is 6.92 Å². The summed E-state index contributed by atoms with van der Waals surface area (Å²) in [6.07, 6.45) is 0. The molecular formula is C15H18N2O2S. The summed E-state index contributed by atoms with van der Waals surface area (Å²) in [4.78, 5) is 0.407. The van der Waals surface area contributed by atoms with Crippen LogP contribution in [-0.2, 0) is 10.0 Å². The molecule has 1 aliphatic rings. The van der Waals surface area contributed by atoms with Gasteiger partial charge in [0.1, 0.15) is 0 Å². The maximum absolute atomic E-state index is 12.8. The van der Waals surface area contributed by atoms with Gasteiger partial charge in [-0.1, -0.05) is 36.4 Å². The quantitative estimate of drug-likeness (QED) is 0.918. The first-order valence-electron chi connectivity index (χ1n) is 6.80. The molecule has 2 aromatic rings. The maximum atomic E-state index is 12.8. The zero-order chi connectivity index (χ0) is 14.2. The molecule has 1 fully saturated rings. The van der Waals surface area contributed by atoms with Crippen molar-refractivity contribution in [1.82, 2.24) is 9.62 Å². The zero-order valence-corrected chi connectivity index (χ0v) is 12.2. The molecule has 2 aromatic carbocycles. The molecular weight excluding hydrogens is 272 g/mol. The van der Waals surface area contributed by atoms with E-state index in [0.29, 0.717) is 24.5 Å². The van der Waals surface area contributed by atoms with Gasteiger partial charge in [-0.2, -0.15) is 4.31 Å². The minimum absolute atomic E-state index is 0.188. The molecule has 0 radical (unpaired) electrons. The minimum atomic E-state index is -3.43. The van der Waals surface area contributed by atoms with Gasteiger partial charge in [-0.25, -0.2) is 8.42 Å². The number of sulfonamides is 1. The zero-order valence-electron chi connectivity index (χ0n) is 11.4. The van der Waals surface area contributed by atoms with Gasteiger partial charge in [0, 0.05) is 31.1 Å². The first-order valence-corrected chi connectivity index (χ1v) is 8.24. The van der Waals surface area contributed by atoms with Crippen LogP contribution in [-0.4, -0.2) is 38.4 Å². The van der Waals surface area contributed by atoms with E-state index in [1.54, 1.807) is 16.4 Å². The molecule has 0 amide bonds. The predicted molar refractivity (Wildman–Crippen MR) is 80.2 cm³/mol. The van der Waals surface area contributed by atoms with E-state index >= 15 is 0 Å². The Morgan fingerprint density at radius 2 is 1.90 bits per heavy atom. The van der Waals surface area contributed by atoms with Crippen molar-refractivity contribution in [2.75, 3.05) is 19.6 Å². The molecule has 3 rings (SSSR count). The first-order chi connectivity index (χ1) is 9.59. The third kappa shape index (κ3) is 2.32.